The Morgan fingerprint density at radius 2 is 2.21 bits per heavy atom. The van der Waals surface area contributed by atoms with Crippen LogP contribution in [-0.2, 0) is 4.79 Å². The number of carbonyl (C=O) groups is 1. The molecule has 1 aromatic heterocycles. The molecule has 1 atom stereocenters. The molecule has 0 bridgehead atoms. The van der Waals surface area contributed by atoms with E-state index in [1.54, 1.807) is 13.0 Å². The molecule has 1 heterocycles. The van der Waals surface area contributed by atoms with Crippen LogP contribution in [0.2, 0.25) is 0 Å². The van der Waals surface area contributed by atoms with E-state index in [-0.39, 0.29) is 24.1 Å². The van der Waals surface area contributed by atoms with Gasteiger partial charge in [0, 0.05) is 11.6 Å². The van der Waals surface area contributed by atoms with Crippen LogP contribution in [0.3, 0.4) is 0 Å². The Morgan fingerprint density at radius 3 is 2.63 bits per heavy atom. The maximum absolute atomic E-state index is 10.8. The van der Waals surface area contributed by atoms with E-state index < -0.39 is 10.9 Å². The summed E-state index contributed by atoms with van der Waals surface area (Å²) in [6.07, 6.45) is 1.14. The minimum absolute atomic E-state index is 0.0324. The third-order valence-electron chi connectivity index (χ3n) is 2.81. The number of carboxylic acid groups (broad SMARTS) is 1. The summed E-state index contributed by atoms with van der Waals surface area (Å²) in [5, 5.41) is 22.5. The van der Waals surface area contributed by atoms with Gasteiger partial charge in [-0.25, -0.2) is 4.98 Å². The zero-order chi connectivity index (χ0) is 14.6. The summed E-state index contributed by atoms with van der Waals surface area (Å²) in [7, 11) is 0. The number of hydrogen-bond acceptors (Lipinski definition) is 5. The van der Waals surface area contributed by atoms with Crippen molar-refractivity contribution in [2.24, 2.45) is 5.92 Å². The molecule has 0 aliphatic rings. The highest BCUT2D eigenvalue weighted by atomic mass is 16.6. The van der Waals surface area contributed by atoms with Gasteiger partial charge in [0.15, 0.2) is 0 Å². The number of pyridine rings is 1. The lowest BCUT2D eigenvalue weighted by Gasteiger charge is -2.21. The second-order valence-electron chi connectivity index (χ2n) is 4.71. The molecular weight excluding hydrogens is 250 g/mol. The molecule has 1 unspecified atom stereocenters. The van der Waals surface area contributed by atoms with Gasteiger partial charge < -0.3 is 10.4 Å². The lowest BCUT2D eigenvalue weighted by molar-refractivity contribution is -0.385. The molecule has 0 fully saturated rings. The Bertz CT molecular complexity index is 488. The number of aliphatic carboxylic acids is 1. The number of aromatic nitrogens is 1. The first-order valence-corrected chi connectivity index (χ1v) is 5.90. The van der Waals surface area contributed by atoms with Gasteiger partial charge in [0.05, 0.1) is 11.3 Å². The number of nitrogens with zero attached hydrogens (tertiary/aromatic N) is 2. The summed E-state index contributed by atoms with van der Waals surface area (Å²) >= 11 is 0. The maximum Gasteiger partial charge on any atom is 0.305 e. The Kier molecular flexibility index (Phi) is 4.80. The summed E-state index contributed by atoms with van der Waals surface area (Å²) in [6, 6.07) is 1.28. The fraction of sp³-hybridized carbons (Fsp3) is 0.500. The number of aryl methyl sites for hydroxylation is 1. The van der Waals surface area contributed by atoms with Gasteiger partial charge in [0.2, 0.25) is 0 Å². The first-order valence-electron chi connectivity index (χ1n) is 5.90. The van der Waals surface area contributed by atoms with E-state index >= 15 is 0 Å². The van der Waals surface area contributed by atoms with Crippen LogP contribution >= 0.6 is 0 Å². The molecule has 0 saturated carbocycles. The normalized spacial score (nSPS) is 12.2. The molecule has 0 saturated heterocycles. The molecule has 0 radical (unpaired) electrons. The summed E-state index contributed by atoms with van der Waals surface area (Å²) < 4.78 is 0. The van der Waals surface area contributed by atoms with E-state index in [0.29, 0.717) is 11.4 Å². The van der Waals surface area contributed by atoms with Gasteiger partial charge in [-0.2, -0.15) is 0 Å². The van der Waals surface area contributed by atoms with Gasteiger partial charge >= 0.3 is 5.97 Å². The molecule has 0 spiro atoms. The van der Waals surface area contributed by atoms with Gasteiger partial charge in [0.1, 0.15) is 12.0 Å². The SMILES string of the molecule is Cc1cc(NC(CC(=O)O)C(C)C)ncc1[N+](=O)[O-]. The Hall–Kier alpha value is -2.18. The molecule has 104 valence electrons. The van der Waals surface area contributed by atoms with E-state index in [4.69, 9.17) is 5.11 Å². The van der Waals surface area contributed by atoms with Crippen molar-refractivity contribution in [2.45, 2.75) is 33.2 Å². The number of hydrogen-bond donors (Lipinski definition) is 2. The van der Waals surface area contributed by atoms with E-state index in [1.807, 2.05) is 13.8 Å². The van der Waals surface area contributed by atoms with E-state index in [9.17, 15) is 14.9 Å². The molecule has 0 aliphatic carbocycles. The zero-order valence-corrected chi connectivity index (χ0v) is 11.1. The molecule has 1 aromatic rings. The van der Waals surface area contributed by atoms with Crippen molar-refractivity contribution in [3.8, 4) is 0 Å². The average molecular weight is 267 g/mol. The largest absolute Gasteiger partial charge is 0.481 e. The Morgan fingerprint density at radius 1 is 1.58 bits per heavy atom. The monoisotopic (exact) mass is 267 g/mol. The smallest absolute Gasteiger partial charge is 0.305 e. The highest BCUT2D eigenvalue weighted by Crippen LogP contribution is 2.21. The van der Waals surface area contributed by atoms with Crippen molar-refractivity contribution < 1.29 is 14.8 Å². The van der Waals surface area contributed by atoms with Crippen LogP contribution in [0.1, 0.15) is 25.8 Å². The van der Waals surface area contributed by atoms with Crippen molar-refractivity contribution in [3.63, 3.8) is 0 Å². The van der Waals surface area contributed by atoms with Gasteiger partial charge in [-0.3, -0.25) is 14.9 Å². The predicted molar refractivity (Wildman–Crippen MR) is 70.1 cm³/mol. The van der Waals surface area contributed by atoms with Crippen molar-refractivity contribution in [1.82, 2.24) is 4.98 Å². The van der Waals surface area contributed by atoms with Crippen LogP contribution in [0.25, 0.3) is 0 Å². The lowest BCUT2D eigenvalue weighted by Crippen LogP contribution is -2.29. The highest BCUT2D eigenvalue weighted by Gasteiger charge is 2.19. The van der Waals surface area contributed by atoms with Crippen molar-refractivity contribution in [3.05, 3.63) is 27.9 Å². The van der Waals surface area contributed by atoms with Crippen LogP contribution in [0.4, 0.5) is 11.5 Å². The molecule has 7 nitrogen and oxygen atoms in total. The van der Waals surface area contributed by atoms with Crippen LogP contribution in [0.5, 0.6) is 0 Å². The fourth-order valence-electron chi connectivity index (χ4n) is 1.65. The molecule has 1 rings (SSSR count). The zero-order valence-electron chi connectivity index (χ0n) is 11.1. The van der Waals surface area contributed by atoms with E-state index in [2.05, 4.69) is 10.3 Å². The maximum atomic E-state index is 10.8. The summed E-state index contributed by atoms with van der Waals surface area (Å²) in [5.74, 6) is -0.346. The number of nitrogens with one attached hydrogen (secondary N) is 1. The average Bonchev–Trinajstić information content (AvgIpc) is 2.26. The van der Waals surface area contributed by atoms with Crippen molar-refractivity contribution in [1.29, 1.82) is 0 Å². The van der Waals surface area contributed by atoms with Crippen LogP contribution in [-0.4, -0.2) is 27.0 Å². The van der Waals surface area contributed by atoms with Gasteiger partial charge in [-0.05, 0) is 18.9 Å². The molecule has 7 heteroatoms. The standard InChI is InChI=1S/C12H17N3O4/c1-7(2)9(5-12(16)17)14-11-4-8(3)10(6-13-11)15(18)19/h4,6-7,9H,5H2,1-3H3,(H,13,14)(H,16,17). The summed E-state index contributed by atoms with van der Waals surface area (Å²) in [6.45, 7) is 5.42. The van der Waals surface area contributed by atoms with Gasteiger partial charge in [0.25, 0.3) is 5.69 Å². The number of rotatable bonds is 6. The van der Waals surface area contributed by atoms with Crippen LogP contribution in [0, 0.1) is 23.0 Å². The van der Waals surface area contributed by atoms with Crippen LogP contribution < -0.4 is 5.32 Å². The molecule has 0 aromatic carbocycles. The number of carboxylic acids is 1. The topological polar surface area (TPSA) is 105 Å². The quantitative estimate of drug-likeness (QED) is 0.604. The molecular formula is C12H17N3O4. The van der Waals surface area contributed by atoms with Crippen molar-refractivity contribution in [2.75, 3.05) is 5.32 Å². The Labute approximate surface area is 110 Å². The first kappa shape index (κ1) is 14.9. The van der Waals surface area contributed by atoms with Crippen molar-refractivity contribution >= 4 is 17.5 Å². The van der Waals surface area contributed by atoms with Crippen LogP contribution in [0.15, 0.2) is 12.3 Å². The number of nitro groups is 1. The third kappa shape index (κ3) is 4.20. The van der Waals surface area contributed by atoms with E-state index in [1.165, 1.54) is 6.20 Å². The molecule has 2 N–H and O–H groups in total. The highest BCUT2D eigenvalue weighted by molar-refractivity contribution is 5.68. The van der Waals surface area contributed by atoms with Gasteiger partial charge in [-0.15, -0.1) is 0 Å². The lowest BCUT2D eigenvalue weighted by atomic mass is 10.0. The molecule has 0 amide bonds. The third-order valence-corrected chi connectivity index (χ3v) is 2.81. The fourth-order valence-corrected chi connectivity index (χ4v) is 1.65. The summed E-state index contributed by atoms with van der Waals surface area (Å²) in [4.78, 5) is 24.9. The second-order valence-corrected chi connectivity index (χ2v) is 4.71. The molecule has 19 heavy (non-hydrogen) atoms. The minimum atomic E-state index is -0.898. The first-order chi connectivity index (χ1) is 8.81. The molecule has 0 aliphatic heterocycles. The second kappa shape index (κ2) is 6.12. The number of anilines is 1. The summed E-state index contributed by atoms with van der Waals surface area (Å²) in [5.41, 5.74) is 0.435. The minimum Gasteiger partial charge on any atom is -0.481 e. The van der Waals surface area contributed by atoms with E-state index in [0.717, 1.165) is 0 Å². The van der Waals surface area contributed by atoms with Gasteiger partial charge in [-0.1, -0.05) is 13.8 Å². The predicted octanol–water partition coefficient (Wildman–Crippen LogP) is 2.21. The Balaban J connectivity index is 2.88.